The van der Waals surface area contributed by atoms with Gasteiger partial charge in [-0.1, -0.05) is 0 Å². The van der Waals surface area contributed by atoms with Gasteiger partial charge in [0, 0.05) is 54.9 Å². The lowest BCUT2D eigenvalue weighted by molar-refractivity contribution is -0.384. The van der Waals surface area contributed by atoms with Gasteiger partial charge in [-0.25, -0.2) is 4.39 Å². The summed E-state index contributed by atoms with van der Waals surface area (Å²) in [6, 6.07) is 16.2. The van der Waals surface area contributed by atoms with E-state index in [0.717, 1.165) is 16.9 Å². The number of anilines is 3. The third-order valence-electron chi connectivity index (χ3n) is 7.09. The van der Waals surface area contributed by atoms with Crippen LogP contribution in [0.5, 0.6) is 11.5 Å². The molecule has 2 atom stereocenters. The first-order chi connectivity index (χ1) is 17.9. The fraction of sp³-hybridized carbons (Fsp3) is 0.296. The number of benzene rings is 3. The number of hydrogen-bond acceptors (Lipinski definition) is 7. The van der Waals surface area contributed by atoms with Crippen molar-refractivity contribution >= 4 is 28.7 Å². The largest absolute Gasteiger partial charge is 0.493 e. The Morgan fingerprint density at radius 2 is 1.78 bits per heavy atom. The monoisotopic (exact) mass is 506 g/mol. The fourth-order valence-electron chi connectivity index (χ4n) is 5.26. The SMILES string of the molecule is COc1ccc(NC(=O)C2Cc3cc([N+](=O)[O-])ccc3N3CCN(c4ccc(F)cc4)CC23)cc1OC. The number of fused-ring (bicyclic) bond motifs is 3. The quantitative estimate of drug-likeness (QED) is 0.394. The van der Waals surface area contributed by atoms with Crippen LogP contribution in [0.2, 0.25) is 0 Å². The topological polar surface area (TPSA) is 97.2 Å². The highest BCUT2D eigenvalue weighted by Crippen LogP contribution is 2.39. The van der Waals surface area contributed by atoms with Gasteiger partial charge in [0.05, 0.1) is 31.1 Å². The van der Waals surface area contributed by atoms with Crippen LogP contribution in [-0.2, 0) is 11.2 Å². The summed E-state index contributed by atoms with van der Waals surface area (Å²) >= 11 is 0. The van der Waals surface area contributed by atoms with Crippen molar-refractivity contribution in [3.63, 3.8) is 0 Å². The number of hydrogen-bond donors (Lipinski definition) is 1. The maximum atomic E-state index is 13.7. The molecule has 2 heterocycles. The van der Waals surface area contributed by atoms with Crippen LogP contribution in [0.4, 0.5) is 27.1 Å². The summed E-state index contributed by atoms with van der Waals surface area (Å²) < 4.78 is 24.2. The van der Waals surface area contributed by atoms with Gasteiger partial charge >= 0.3 is 0 Å². The number of ether oxygens (including phenoxy) is 2. The molecular weight excluding hydrogens is 479 g/mol. The van der Waals surface area contributed by atoms with Gasteiger partial charge in [0.1, 0.15) is 5.82 Å². The smallest absolute Gasteiger partial charge is 0.269 e. The number of carbonyl (C=O) groups is 1. The molecule has 2 unspecified atom stereocenters. The minimum absolute atomic E-state index is 0.00111. The summed E-state index contributed by atoms with van der Waals surface area (Å²) in [5.41, 5.74) is 3.12. The molecule has 0 radical (unpaired) electrons. The molecule has 0 saturated carbocycles. The molecular formula is C27H27FN4O5. The highest BCUT2D eigenvalue weighted by atomic mass is 19.1. The number of carbonyl (C=O) groups excluding carboxylic acids is 1. The standard InChI is InChI=1S/C27H27FN4O5/c1-36-25-10-5-19(15-26(25)37-2)29-27(33)22-14-17-13-21(32(34)35)8-9-23(17)31-12-11-30(16-24(22)31)20-6-3-18(28)4-7-20/h3-10,13,15,22,24H,11-12,14,16H2,1-2H3,(H,29,33). The van der Waals surface area contributed by atoms with Crippen molar-refractivity contribution in [2.45, 2.75) is 12.5 Å². The number of non-ortho nitro benzene ring substituents is 1. The lowest BCUT2D eigenvalue weighted by Gasteiger charge is -2.49. The van der Waals surface area contributed by atoms with Crippen molar-refractivity contribution in [3.05, 3.63) is 82.2 Å². The number of nitro groups is 1. The summed E-state index contributed by atoms with van der Waals surface area (Å²) in [7, 11) is 3.07. The summed E-state index contributed by atoms with van der Waals surface area (Å²) in [5, 5.41) is 14.4. The van der Waals surface area contributed by atoms with Crippen LogP contribution in [0.1, 0.15) is 5.56 Å². The van der Waals surface area contributed by atoms with Crippen LogP contribution >= 0.6 is 0 Å². The molecule has 37 heavy (non-hydrogen) atoms. The predicted molar refractivity (Wildman–Crippen MR) is 138 cm³/mol. The maximum Gasteiger partial charge on any atom is 0.269 e. The molecule has 1 fully saturated rings. The van der Waals surface area contributed by atoms with Gasteiger partial charge in [-0.05, 0) is 54.4 Å². The maximum absolute atomic E-state index is 13.7. The Hall–Kier alpha value is -4.34. The fourth-order valence-corrected chi connectivity index (χ4v) is 5.26. The van der Waals surface area contributed by atoms with Gasteiger partial charge < -0.3 is 24.6 Å². The zero-order valence-corrected chi connectivity index (χ0v) is 20.5. The average Bonchev–Trinajstić information content (AvgIpc) is 2.92. The summed E-state index contributed by atoms with van der Waals surface area (Å²) in [5.74, 6) is 0.0634. The van der Waals surface area contributed by atoms with Crippen molar-refractivity contribution in [3.8, 4) is 11.5 Å². The molecule has 2 aliphatic rings. The summed E-state index contributed by atoms with van der Waals surface area (Å²) in [6.07, 6.45) is 0.356. The molecule has 1 saturated heterocycles. The Morgan fingerprint density at radius 1 is 1.03 bits per heavy atom. The highest BCUT2D eigenvalue weighted by molar-refractivity contribution is 5.94. The Kier molecular flexibility index (Phi) is 6.56. The molecule has 9 nitrogen and oxygen atoms in total. The number of rotatable bonds is 6. The number of amides is 1. The van der Waals surface area contributed by atoms with Crippen LogP contribution in [0, 0.1) is 21.8 Å². The number of nitro benzene ring substituents is 1. The van der Waals surface area contributed by atoms with E-state index in [2.05, 4.69) is 15.1 Å². The Balaban J connectivity index is 1.47. The second-order valence-corrected chi connectivity index (χ2v) is 9.12. The van der Waals surface area contributed by atoms with E-state index >= 15 is 0 Å². The first kappa shape index (κ1) is 24.4. The molecule has 192 valence electrons. The first-order valence-electron chi connectivity index (χ1n) is 12.0. The zero-order valence-electron chi connectivity index (χ0n) is 20.5. The first-order valence-corrected chi connectivity index (χ1v) is 12.0. The number of halogens is 1. The van der Waals surface area contributed by atoms with Crippen LogP contribution in [-0.4, -0.2) is 50.7 Å². The van der Waals surface area contributed by atoms with Crippen molar-refractivity contribution in [1.82, 2.24) is 0 Å². The Morgan fingerprint density at radius 3 is 2.49 bits per heavy atom. The molecule has 5 rings (SSSR count). The minimum Gasteiger partial charge on any atom is -0.493 e. The molecule has 0 aromatic heterocycles. The second-order valence-electron chi connectivity index (χ2n) is 9.12. The lowest BCUT2D eigenvalue weighted by Crippen LogP contribution is -2.60. The van der Waals surface area contributed by atoms with Gasteiger partial charge in [-0.3, -0.25) is 14.9 Å². The van der Waals surface area contributed by atoms with Crippen molar-refractivity contribution in [2.75, 3.05) is 49.0 Å². The normalized spacial score (nSPS) is 18.5. The van der Waals surface area contributed by atoms with E-state index in [9.17, 15) is 19.3 Å². The summed E-state index contributed by atoms with van der Waals surface area (Å²) in [6.45, 7) is 1.83. The third kappa shape index (κ3) is 4.74. The number of nitrogens with one attached hydrogen (secondary N) is 1. The van der Waals surface area contributed by atoms with Crippen molar-refractivity contribution in [1.29, 1.82) is 0 Å². The van der Waals surface area contributed by atoms with E-state index in [4.69, 9.17) is 9.47 Å². The van der Waals surface area contributed by atoms with Crippen LogP contribution in [0.25, 0.3) is 0 Å². The van der Waals surface area contributed by atoms with Gasteiger partial charge in [0.25, 0.3) is 5.69 Å². The molecule has 0 bridgehead atoms. The Labute approximate surface area is 213 Å². The molecule has 2 aliphatic heterocycles. The van der Waals surface area contributed by atoms with Gasteiger partial charge in [0.15, 0.2) is 11.5 Å². The van der Waals surface area contributed by atoms with Crippen LogP contribution in [0.15, 0.2) is 60.7 Å². The second kappa shape index (κ2) is 9.96. The van der Waals surface area contributed by atoms with E-state index in [-0.39, 0.29) is 23.5 Å². The van der Waals surface area contributed by atoms with Crippen molar-refractivity contribution < 1.29 is 23.6 Å². The van der Waals surface area contributed by atoms with E-state index in [0.29, 0.717) is 43.2 Å². The summed E-state index contributed by atoms with van der Waals surface area (Å²) in [4.78, 5) is 29.0. The van der Waals surface area contributed by atoms with Gasteiger partial charge in [0.2, 0.25) is 5.91 Å². The molecule has 0 aliphatic carbocycles. The third-order valence-corrected chi connectivity index (χ3v) is 7.09. The van der Waals surface area contributed by atoms with Crippen molar-refractivity contribution in [2.24, 2.45) is 5.92 Å². The lowest BCUT2D eigenvalue weighted by atomic mass is 9.83. The zero-order chi connectivity index (χ0) is 26.1. The van der Waals surface area contributed by atoms with E-state index < -0.39 is 10.8 Å². The Bertz CT molecular complexity index is 1330. The highest BCUT2D eigenvalue weighted by Gasteiger charge is 2.42. The number of piperazine rings is 1. The van der Waals surface area contributed by atoms with Gasteiger partial charge in [-0.2, -0.15) is 0 Å². The molecule has 0 spiro atoms. The van der Waals surface area contributed by atoms with E-state index in [1.807, 2.05) is 0 Å². The molecule has 1 amide bonds. The predicted octanol–water partition coefficient (Wildman–Crippen LogP) is 4.26. The molecule has 3 aromatic carbocycles. The minimum atomic E-state index is -0.481. The van der Waals surface area contributed by atoms with Gasteiger partial charge in [-0.15, -0.1) is 0 Å². The molecule has 3 aromatic rings. The molecule has 10 heteroatoms. The van der Waals surface area contributed by atoms with E-state index in [1.165, 1.54) is 25.3 Å². The van der Waals surface area contributed by atoms with E-state index in [1.54, 1.807) is 49.6 Å². The number of methoxy groups -OCH3 is 2. The average molecular weight is 507 g/mol. The van der Waals surface area contributed by atoms with Crippen LogP contribution < -0.4 is 24.6 Å². The number of nitrogens with zero attached hydrogens (tertiary/aromatic N) is 3. The van der Waals surface area contributed by atoms with Crippen LogP contribution in [0.3, 0.4) is 0 Å². The molecule has 1 N–H and O–H groups in total.